The highest BCUT2D eigenvalue weighted by Gasteiger charge is 2.03. The summed E-state index contributed by atoms with van der Waals surface area (Å²) in [5, 5.41) is 14.2. The van der Waals surface area contributed by atoms with Crippen molar-refractivity contribution >= 4 is 17.7 Å². The highest BCUT2D eigenvalue weighted by molar-refractivity contribution is 5.98. The number of carbonyl (C=O) groups excluding carboxylic acids is 1. The van der Waals surface area contributed by atoms with Gasteiger partial charge in [-0.3, -0.25) is 5.32 Å². The maximum absolute atomic E-state index is 11.5. The van der Waals surface area contributed by atoms with E-state index in [4.69, 9.17) is 0 Å². The lowest BCUT2D eigenvalue weighted by atomic mass is 10.3. The first-order chi connectivity index (χ1) is 8.24. The van der Waals surface area contributed by atoms with Gasteiger partial charge in [-0.2, -0.15) is 0 Å². The summed E-state index contributed by atoms with van der Waals surface area (Å²) in [6.45, 7) is 0. The van der Waals surface area contributed by atoms with Crippen LogP contribution in [0.1, 0.15) is 0 Å². The van der Waals surface area contributed by atoms with Crippen LogP contribution in [0.25, 0.3) is 0 Å². The van der Waals surface area contributed by atoms with E-state index in [1.54, 1.807) is 18.2 Å². The predicted molar refractivity (Wildman–Crippen MR) is 62.8 cm³/mol. The monoisotopic (exact) mass is 230 g/mol. The normalized spacial score (nSPS) is 9.65. The van der Waals surface area contributed by atoms with Gasteiger partial charge in [0.2, 0.25) is 5.95 Å². The van der Waals surface area contributed by atoms with Crippen molar-refractivity contribution in [2.45, 2.75) is 0 Å². The minimum atomic E-state index is -0.471. The Balaban J connectivity index is 1.98. The molecule has 1 heterocycles. The molecule has 0 aliphatic rings. The van der Waals surface area contributed by atoms with Gasteiger partial charge in [-0.15, -0.1) is 0 Å². The molecule has 2 rings (SSSR count). The SMILES string of the molecule is O=C(Nc1cccc(O)c1)Nc1ncccn1. The summed E-state index contributed by atoms with van der Waals surface area (Å²) in [6.07, 6.45) is 3.05. The predicted octanol–water partition coefficient (Wildman–Crippen LogP) is 1.83. The number of aromatic hydroxyl groups is 1. The third-order valence-corrected chi connectivity index (χ3v) is 1.90. The maximum atomic E-state index is 11.5. The zero-order valence-corrected chi connectivity index (χ0v) is 8.79. The number of amides is 2. The first kappa shape index (κ1) is 10.9. The molecule has 0 aliphatic carbocycles. The minimum absolute atomic E-state index is 0.0822. The van der Waals surface area contributed by atoms with Gasteiger partial charge in [0.05, 0.1) is 0 Å². The lowest BCUT2D eigenvalue weighted by Gasteiger charge is -2.06. The van der Waals surface area contributed by atoms with Crippen LogP contribution in [0.3, 0.4) is 0 Å². The molecule has 0 spiro atoms. The molecule has 0 saturated heterocycles. The molecule has 0 atom stereocenters. The molecule has 0 saturated carbocycles. The van der Waals surface area contributed by atoms with Gasteiger partial charge in [0.25, 0.3) is 0 Å². The maximum Gasteiger partial charge on any atom is 0.326 e. The van der Waals surface area contributed by atoms with Crippen LogP contribution < -0.4 is 10.6 Å². The molecule has 0 fully saturated rings. The standard InChI is InChI=1S/C11H10N4O2/c16-9-4-1-3-8(7-9)14-11(17)15-10-12-5-2-6-13-10/h1-7,16H,(H2,12,13,14,15,17). The second kappa shape index (κ2) is 4.93. The van der Waals surface area contributed by atoms with Crippen molar-refractivity contribution in [2.24, 2.45) is 0 Å². The van der Waals surface area contributed by atoms with Gasteiger partial charge in [-0.25, -0.2) is 14.8 Å². The summed E-state index contributed by atoms with van der Waals surface area (Å²) in [6, 6.07) is 7.42. The molecule has 6 heteroatoms. The molecule has 0 unspecified atom stereocenters. The third-order valence-electron chi connectivity index (χ3n) is 1.90. The Hall–Kier alpha value is -2.63. The highest BCUT2D eigenvalue weighted by Crippen LogP contribution is 2.15. The van der Waals surface area contributed by atoms with Gasteiger partial charge >= 0.3 is 6.03 Å². The smallest absolute Gasteiger partial charge is 0.326 e. The van der Waals surface area contributed by atoms with Crippen LogP contribution in [0.2, 0.25) is 0 Å². The van der Waals surface area contributed by atoms with Crippen LogP contribution in [0.4, 0.5) is 16.4 Å². The Morgan fingerprint density at radius 2 is 1.88 bits per heavy atom. The molecule has 3 N–H and O–H groups in total. The number of phenolic OH excluding ortho intramolecular Hbond substituents is 1. The van der Waals surface area contributed by atoms with Crippen molar-refractivity contribution in [3.8, 4) is 5.75 Å². The number of nitrogens with one attached hydrogen (secondary N) is 2. The van der Waals surface area contributed by atoms with Crippen LogP contribution in [-0.2, 0) is 0 Å². The highest BCUT2D eigenvalue weighted by atomic mass is 16.3. The number of benzene rings is 1. The van der Waals surface area contributed by atoms with E-state index in [0.717, 1.165) is 0 Å². The van der Waals surface area contributed by atoms with E-state index in [-0.39, 0.29) is 11.7 Å². The van der Waals surface area contributed by atoms with Crippen molar-refractivity contribution in [1.82, 2.24) is 9.97 Å². The Morgan fingerprint density at radius 1 is 1.12 bits per heavy atom. The van der Waals surface area contributed by atoms with E-state index in [0.29, 0.717) is 5.69 Å². The molecule has 0 aliphatic heterocycles. The molecular weight excluding hydrogens is 220 g/mol. The van der Waals surface area contributed by atoms with Gasteiger partial charge in [0.1, 0.15) is 5.75 Å². The largest absolute Gasteiger partial charge is 0.508 e. The lowest BCUT2D eigenvalue weighted by molar-refractivity contribution is 0.262. The molecule has 2 aromatic rings. The Bertz CT molecular complexity index is 516. The summed E-state index contributed by atoms with van der Waals surface area (Å²) in [4.78, 5) is 19.2. The number of anilines is 2. The fourth-order valence-corrected chi connectivity index (χ4v) is 1.21. The van der Waals surface area contributed by atoms with E-state index in [1.807, 2.05) is 0 Å². The van der Waals surface area contributed by atoms with Gasteiger partial charge in [-0.05, 0) is 18.2 Å². The first-order valence-corrected chi connectivity index (χ1v) is 4.88. The summed E-state index contributed by atoms with van der Waals surface area (Å²) in [5.41, 5.74) is 0.485. The average molecular weight is 230 g/mol. The number of hydrogen-bond donors (Lipinski definition) is 3. The molecule has 6 nitrogen and oxygen atoms in total. The summed E-state index contributed by atoms with van der Waals surface area (Å²) in [5.74, 6) is 0.295. The number of urea groups is 1. The molecule has 17 heavy (non-hydrogen) atoms. The third kappa shape index (κ3) is 3.16. The van der Waals surface area contributed by atoms with Gasteiger partial charge in [0, 0.05) is 24.1 Å². The Morgan fingerprint density at radius 3 is 2.59 bits per heavy atom. The van der Waals surface area contributed by atoms with E-state index in [9.17, 15) is 9.90 Å². The fourth-order valence-electron chi connectivity index (χ4n) is 1.21. The van der Waals surface area contributed by atoms with E-state index >= 15 is 0 Å². The molecule has 0 radical (unpaired) electrons. The van der Waals surface area contributed by atoms with E-state index in [2.05, 4.69) is 20.6 Å². The molecule has 2 amide bonds. The van der Waals surface area contributed by atoms with E-state index < -0.39 is 6.03 Å². The minimum Gasteiger partial charge on any atom is -0.508 e. The number of hydrogen-bond acceptors (Lipinski definition) is 4. The lowest BCUT2D eigenvalue weighted by Crippen LogP contribution is -2.20. The van der Waals surface area contributed by atoms with Crippen LogP contribution in [0.5, 0.6) is 5.75 Å². The fraction of sp³-hybridized carbons (Fsp3) is 0. The van der Waals surface area contributed by atoms with Crippen molar-refractivity contribution in [3.63, 3.8) is 0 Å². The van der Waals surface area contributed by atoms with Gasteiger partial charge in [-0.1, -0.05) is 6.07 Å². The Kier molecular flexibility index (Phi) is 3.15. The number of rotatable bonds is 2. The van der Waals surface area contributed by atoms with Crippen molar-refractivity contribution in [2.75, 3.05) is 10.6 Å². The van der Waals surface area contributed by atoms with Crippen molar-refractivity contribution < 1.29 is 9.90 Å². The zero-order chi connectivity index (χ0) is 12.1. The van der Waals surface area contributed by atoms with Crippen molar-refractivity contribution in [1.29, 1.82) is 0 Å². The second-order valence-corrected chi connectivity index (χ2v) is 3.20. The number of carbonyl (C=O) groups is 1. The van der Waals surface area contributed by atoms with Crippen LogP contribution in [0.15, 0.2) is 42.7 Å². The van der Waals surface area contributed by atoms with Gasteiger partial charge < -0.3 is 10.4 Å². The molecular formula is C11H10N4O2. The molecule has 86 valence electrons. The summed E-state index contributed by atoms with van der Waals surface area (Å²) in [7, 11) is 0. The zero-order valence-electron chi connectivity index (χ0n) is 8.79. The summed E-state index contributed by atoms with van der Waals surface area (Å²) >= 11 is 0. The first-order valence-electron chi connectivity index (χ1n) is 4.88. The molecule has 1 aromatic heterocycles. The number of nitrogens with zero attached hydrogens (tertiary/aromatic N) is 2. The number of aromatic nitrogens is 2. The van der Waals surface area contributed by atoms with E-state index in [1.165, 1.54) is 24.5 Å². The molecule has 1 aromatic carbocycles. The quantitative estimate of drug-likeness (QED) is 0.734. The number of phenols is 1. The van der Waals surface area contributed by atoms with Gasteiger partial charge in [0.15, 0.2) is 0 Å². The van der Waals surface area contributed by atoms with Crippen molar-refractivity contribution in [3.05, 3.63) is 42.7 Å². The second-order valence-electron chi connectivity index (χ2n) is 3.20. The molecule has 0 bridgehead atoms. The van der Waals surface area contributed by atoms with Crippen LogP contribution in [-0.4, -0.2) is 21.1 Å². The Labute approximate surface area is 97.3 Å². The summed E-state index contributed by atoms with van der Waals surface area (Å²) < 4.78 is 0. The van der Waals surface area contributed by atoms with Crippen LogP contribution >= 0.6 is 0 Å². The van der Waals surface area contributed by atoms with Crippen LogP contribution in [0, 0.1) is 0 Å². The topological polar surface area (TPSA) is 87.1 Å². The average Bonchev–Trinajstić information content (AvgIpc) is 2.30.